The van der Waals surface area contributed by atoms with Crippen molar-refractivity contribution >= 4 is 11.3 Å². The number of hydrogen-bond donors (Lipinski definition) is 0. The van der Waals surface area contributed by atoms with E-state index in [2.05, 4.69) is 17.7 Å². The van der Waals surface area contributed by atoms with E-state index in [0.717, 1.165) is 12.4 Å². The molecule has 1 aliphatic rings. The van der Waals surface area contributed by atoms with Crippen LogP contribution in [-0.4, -0.2) is 6.61 Å². The van der Waals surface area contributed by atoms with Crippen LogP contribution in [0.1, 0.15) is 18.9 Å². The summed E-state index contributed by atoms with van der Waals surface area (Å²) in [5, 5.41) is 4.31. The van der Waals surface area contributed by atoms with E-state index in [4.69, 9.17) is 4.74 Å². The molecule has 1 aromatic heterocycles. The number of thiophene rings is 1. The monoisotopic (exact) mass is 168 g/mol. The minimum Gasteiger partial charge on any atom is -0.492 e. The Morgan fingerprint density at radius 3 is 3.36 bits per heavy atom. The molecule has 0 bridgehead atoms. The summed E-state index contributed by atoms with van der Waals surface area (Å²) in [5.41, 5.74) is 1.40. The van der Waals surface area contributed by atoms with Gasteiger partial charge in [-0.25, -0.2) is 0 Å². The Kier molecular flexibility index (Phi) is 1.86. The molecule has 1 atom stereocenters. The zero-order valence-electron chi connectivity index (χ0n) is 6.67. The number of ether oxygens (including phenoxy) is 1. The largest absolute Gasteiger partial charge is 0.492 e. The SMILES string of the molecule is CC1CCc2cscc2OC1. The van der Waals surface area contributed by atoms with Crippen LogP contribution >= 0.6 is 11.3 Å². The Bertz CT molecular complexity index is 219. The molecule has 0 aliphatic carbocycles. The first-order valence-electron chi connectivity index (χ1n) is 4.04. The van der Waals surface area contributed by atoms with Crippen LogP contribution in [0.4, 0.5) is 0 Å². The van der Waals surface area contributed by atoms with Crippen LogP contribution in [0.15, 0.2) is 10.8 Å². The van der Waals surface area contributed by atoms with Gasteiger partial charge in [-0.15, -0.1) is 11.3 Å². The molecular formula is C9H12OS. The maximum atomic E-state index is 5.61. The number of fused-ring (bicyclic) bond motifs is 1. The molecule has 2 rings (SSSR count). The molecule has 0 fully saturated rings. The van der Waals surface area contributed by atoms with Crippen molar-refractivity contribution in [1.29, 1.82) is 0 Å². The van der Waals surface area contributed by atoms with E-state index >= 15 is 0 Å². The van der Waals surface area contributed by atoms with Crippen molar-refractivity contribution in [2.45, 2.75) is 19.8 Å². The van der Waals surface area contributed by atoms with Gasteiger partial charge in [-0.2, -0.15) is 0 Å². The molecule has 2 heteroatoms. The van der Waals surface area contributed by atoms with Crippen LogP contribution in [0.25, 0.3) is 0 Å². The van der Waals surface area contributed by atoms with Crippen LogP contribution in [0, 0.1) is 5.92 Å². The van der Waals surface area contributed by atoms with Gasteiger partial charge < -0.3 is 4.74 Å². The Balaban J connectivity index is 2.20. The molecular weight excluding hydrogens is 156 g/mol. The summed E-state index contributed by atoms with van der Waals surface area (Å²) in [6.07, 6.45) is 2.46. The topological polar surface area (TPSA) is 9.23 Å². The van der Waals surface area contributed by atoms with Crippen molar-refractivity contribution in [2.24, 2.45) is 5.92 Å². The van der Waals surface area contributed by atoms with Crippen molar-refractivity contribution < 1.29 is 4.74 Å². The highest BCUT2D eigenvalue weighted by atomic mass is 32.1. The fourth-order valence-corrected chi connectivity index (χ4v) is 2.15. The highest BCUT2D eigenvalue weighted by molar-refractivity contribution is 7.08. The second-order valence-corrected chi connectivity index (χ2v) is 3.96. The summed E-state index contributed by atoms with van der Waals surface area (Å²) in [5.74, 6) is 1.84. The zero-order valence-corrected chi connectivity index (χ0v) is 7.49. The van der Waals surface area contributed by atoms with Crippen molar-refractivity contribution in [3.8, 4) is 5.75 Å². The summed E-state index contributed by atoms with van der Waals surface area (Å²) in [4.78, 5) is 0. The van der Waals surface area contributed by atoms with Gasteiger partial charge in [0.25, 0.3) is 0 Å². The molecule has 0 saturated carbocycles. The van der Waals surface area contributed by atoms with Crippen molar-refractivity contribution in [2.75, 3.05) is 6.61 Å². The zero-order chi connectivity index (χ0) is 7.68. The summed E-state index contributed by atoms with van der Waals surface area (Å²) < 4.78 is 5.61. The molecule has 0 aromatic carbocycles. The third-order valence-corrected chi connectivity index (χ3v) is 2.90. The third kappa shape index (κ3) is 1.41. The lowest BCUT2D eigenvalue weighted by molar-refractivity contribution is 0.266. The molecule has 1 nitrogen and oxygen atoms in total. The van der Waals surface area contributed by atoms with Crippen molar-refractivity contribution in [1.82, 2.24) is 0 Å². The molecule has 1 aliphatic heterocycles. The molecule has 11 heavy (non-hydrogen) atoms. The lowest BCUT2D eigenvalue weighted by Crippen LogP contribution is -2.05. The molecule has 0 amide bonds. The standard InChI is InChI=1S/C9H12OS/c1-7-2-3-8-5-11-6-9(8)10-4-7/h5-7H,2-4H2,1H3. The quantitative estimate of drug-likeness (QED) is 0.578. The van der Waals surface area contributed by atoms with Gasteiger partial charge in [-0.1, -0.05) is 6.92 Å². The molecule has 0 N–H and O–H groups in total. The predicted molar refractivity (Wildman–Crippen MR) is 47.3 cm³/mol. The Hall–Kier alpha value is -0.500. The first-order chi connectivity index (χ1) is 5.36. The lowest BCUT2D eigenvalue weighted by Gasteiger charge is -2.05. The maximum Gasteiger partial charge on any atom is 0.133 e. The van der Waals surface area contributed by atoms with Crippen LogP contribution in [0.5, 0.6) is 5.75 Å². The van der Waals surface area contributed by atoms with Crippen LogP contribution in [-0.2, 0) is 6.42 Å². The number of rotatable bonds is 0. The van der Waals surface area contributed by atoms with Gasteiger partial charge in [0, 0.05) is 10.9 Å². The Morgan fingerprint density at radius 2 is 2.45 bits per heavy atom. The Morgan fingerprint density at radius 1 is 1.55 bits per heavy atom. The third-order valence-electron chi connectivity index (χ3n) is 2.13. The van der Waals surface area contributed by atoms with Crippen LogP contribution in [0.3, 0.4) is 0 Å². The van der Waals surface area contributed by atoms with E-state index in [-0.39, 0.29) is 0 Å². The summed E-state index contributed by atoms with van der Waals surface area (Å²) >= 11 is 1.74. The lowest BCUT2D eigenvalue weighted by atomic mass is 10.1. The maximum absolute atomic E-state index is 5.61. The van der Waals surface area contributed by atoms with Gasteiger partial charge in [0.15, 0.2) is 0 Å². The first kappa shape index (κ1) is 7.17. The van der Waals surface area contributed by atoms with Crippen molar-refractivity contribution in [3.05, 3.63) is 16.3 Å². The average Bonchev–Trinajstić information content (AvgIpc) is 2.38. The Labute approximate surface area is 71.0 Å². The molecule has 1 unspecified atom stereocenters. The van der Waals surface area contributed by atoms with E-state index in [1.807, 2.05) is 0 Å². The molecule has 0 spiro atoms. The minimum absolute atomic E-state index is 0.715. The van der Waals surface area contributed by atoms with E-state index in [1.54, 1.807) is 11.3 Å². The van der Waals surface area contributed by atoms with Gasteiger partial charge in [0.2, 0.25) is 0 Å². The smallest absolute Gasteiger partial charge is 0.133 e. The number of aryl methyl sites for hydroxylation is 1. The van der Waals surface area contributed by atoms with Gasteiger partial charge >= 0.3 is 0 Å². The second kappa shape index (κ2) is 2.86. The fourth-order valence-electron chi connectivity index (χ4n) is 1.34. The first-order valence-corrected chi connectivity index (χ1v) is 4.98. The highest BCUT2D eigenvalue weighted by Crippen LogP contribution is 2.29. The van der Waals surface area contributed by atoms with Gasteiger partial charge in [-0.3, -0.25) is 0 Å². The van der Waals surface area contributed by atoms with Crippen molar-refractivity contribution in [3.63, 3.8) is 0 Å². The van der Waals surface area contributed by atoms with Crippen LogP contribution < -0.4 is 4.74 Å². The number of hydrogen-bond acceptors (Lipinski definition) is 2. The average molecular weight is 168 g/mol. The second-order valence-electron chi connectivity index (χ2n) is 3.22. The molecule has 2 heterocycles. The summed E-state index contributed by atoms with van der Waals surface area (Å²) in [6.45, 7) is 3.14. The summed E-state index contributed by atoms with van der Waals surface area (Å²) in [7, 11) is 0. The van der Waals surface area contributed by atoms with Crippen LogP contribution in [0.2, 0.25) is 0 Å². The van der Waals surface area contributed by atoms with Gasteiger partial charge in [-0.05, 0) is 24.1 Å². The highest BCUT2D eigenvalue weighted by Gasteiger charge is 2.13. The van der Waals surface area contributed by atoms with Gasteiger partial charge in [0.05, 0.1) is 6.61 Å². The predicted octanol–water partition coefficient (Wildman–Crippen LogP) is 2.71. The normalized spacial score (nSPS) is 23.5. The van der Waals surface area contributed by atoms with E-state index in [0.29, 0.717) is 5.92 Å². The van der Waals surface area contributed by atoms with E-state index in [1.165, 1.54) is 18.4 Å². The molecule has 1 aromatic rings. The van der Waals surface area contributed by atoms with Gasteiger partial charge in [0.1, 0.15) is 5.75 Å². The molecule has 0 saturated heterocycles. The van der Waals surface area contributed by atoms with E-state index in [9.17, 15) is 0 Å². The fraction of sp³-hybridized carbons (Fsp3) is 0.556. The van der Waals surface area contributed by atoms with E-state index < -0.39 is 0 Å². The summed E-state index contributed by atoms with van der Waals surface area (Å²) in [6, 6.07) is 0. The minimum atomic E-state index is 0.715. The molecule has 0 radical (unpaired) electrons. The molecule has 60 valence electrons.